The van der Waals surface area contributed by atoms with Crippen LogP contribution in [0.1, 0.15) is 18.1 Å². The molecular formula is C21H20N2O3. The number of phenols is 1. The van der Waals surface area contributed by atoms with E-state index in [0.29, 0.717) is 11.3 Å². The Morgan fingerprint density at radius 1 is 1.12 bits per heavy atom. The van der Waals surface area contributed by atoms with Gasteiger partial charge in [-0.15, -0.1) is 0 Å². The number of aryl methyl sites for hydroxylation is 1. The van der Waals surface area contributed by atoms with Crippen molar-refractivity contribution in [2.75, 3.05) is 6.61 Å². The highest BCUT2D eigenvalue weighted by atomic mass is 16.5. The van der Waals surface area contributed by atoms with Gasteiger partial charge in [0.2, 0.25) is 0 Å². The number of nitrogens with one attached hydrogen (secondary N) is 1. The summed E-state index contributed by atoms with van der Waals surface area (Å²) in [5.74, 6) is 0.433. The van der Waals surface area contributed by atoms with E-state index in [-0.39, 0.29) is 18.3 Å². The van der Waals surface area contributed by atoms with Crippen LogP contribution in [0.2, 0.25) is 0 Å². The van der Waals surface area contributed by atoms with Gasteiger partial charge in [0.25, 0.3) is 5.91 Å². The molecule has 0 unspecified atom stereocenters. The first kappa shape index (κ1) is 17.5. The topological polar surface area (TPSA) is 70.9 Å². The van der Waals surface area contributed by atoms with E-state index in [0.717, 1.165) is 22.8 Å². The van der Waals surface area contributed by atoms with Crippen molar-refractivity contribution in [2.45, 2.75) is 13.3 Å². The quantitative estimate of drug-likeness (QED) is 0.528. The molecular weight excluding hydrogens is 328 g/mol. The summed E-state index contributed by atoms with van der Waals surface area (Å²) in [4.78, 5) is 11.9. The lowest BCUT2D eigenvalue weighted by molar-refractivity contribution is -0.123. The molecule has 0 bridgehead atoms. The van der Waals surface area contributed by atoms with E-state index in [2.05, 4.69) is 10.5 Å². The molecule has 0 aliphatic rings. The van der Waals surface area contributed by atoms with Crippen molar-refractivity contribution >= 4 is 22.9 Å². The van der Waals surface area contributed by atoms with Crippen molar-refractivity contribution in [3.8, 4) is 11.5 Å². The van der Waals surface area contributed by atoms with E-state index >= 15 is 0 Å². The molecule has 1 amide bonds. The summed E-state index contributed by atoms with van der Waals surface area (Å²) in [5, 5.41) is 15.8. The van der Waals surface area contributed by atoms with E-state index < -0.39 is 0 Å². The predicted octanol–water partition coefficient (Wildman–Crippen LogP) is 3.64. The van der Waals surface area contributed by atoms with Crippen LogP contribution in [0.4, 0.5) is 0 Å². The highest BCUT2D eigenvalue weighted by molar-refractivity contribution is 6.02. The summed E-state index contributed by atoms with van der Waals surface area (Å²) >= 11 is 0. The number of carbonyl (C=O) groups is 1. The van der Waals surface area contributed by atoms with Gasteiger partial charge in [-0.05, 0) is 34.9 Å². The Labute approximate surface area is 151 Å². The minimum atomic E-state index is -0.369. The second-order valence-electron chi connectivity index (χ2n) is 5.76. The molecule has 0 aromatic heterocycles. The van der Waals surface area contributed by atoms with Gasteiger partial charge in [-0.2, -0.15) is 5.10 Å². The molecule has 0 spiro atoms. The second-order valence-corrected chi connectivity index (χ2v) is 5.76. The fraction of sp³-hybridized carbons (Fsp3) is 0.143. The molecule has 0 saturated heterocycles. The van der Waals surface area contributed by atoms with Crippen LogP contribution in [0.15, 0.2) is 65.8 Å². The molecule has 0 heterocycles. The van der Waals surface area contributed by atoms with Gasteiger partial charge in [0.1, 0.15) is 11.5 Å². The first-order valence-corrected chi connectivity index (χ1v) is 8.42. The number of hydrogen-bond acceptors (Lipinski definition) is 4. The zero-order valence-electron chi connectivity index (χ0n) is 14.5. The van der Waals surface area contributed by atoms with E-state index in [1.54, 1.807) is 6.07 Å². The van der Waals surface area contributed by atoms with Crippen LogP contribution in [0.3, 0.4) is 0 Å². The van der Waals surface area contributed by atoms with Gasteiger partial charge in [0, 0.05) is 5.56 Å². The first-order valence-electron chi connectivity index (χ1n) is 8.42. The van der Waals surface area contributed by atoms with Crippen LogP contribution >= 0.6 is 0 Å². The maximum Gasteiger partial charge on any atom is 0.277 e. The molecule has 3 aromatic rings. The number of benzene rings is 3. The Balaban J connectivity index is 1.64. The Morgan fingerprint density at radius 2 is 1.88 bits per heavy atom. The molecule has 26 heavy (non-hydrogen) atoms. The number of hydrazone groups is 1. The molecule has 0 fully saturated rings. The number of hydrogen-bond donors (Lipinski definition) is 2. The van der Waals surface area contributed by atoms with E-state index in [4.69, 9.17) is 4.74 Å². The number of aromatic hydroxyl groups is 1. The molecule has 0 saturated carbocycles. The number of phenolic OH excluding ortho intramolecular Hbond substituents is 1. The number of nitrogens with zero attached hydrogens (tertiary/aromatic N) is 1. The average molecular weight is 348 g/mol. The monoisotopic (exact) mass is 348 g/mol. The third kappa shape index (κ3) is 4.00. The number of para-hydroxylation sites is 1. The summed E-state index contributed by atoms with van der Waals surface area (Å²) in [6, 6.07) is 18.7. The Morgan fingerprint density at radius 3 is 2.73 bits per heavy atom. The summed E-state index contributed by atoms with van der Waals surface area (Å²) in [6.07, 6.45) is 2.27. The number of carbonyl (C=O) groups excluding carboxylic acids is 1. The number of ether oxygens (including phenoxy) is 1. The largest absolute Gasteiger partial charge is 0.507 e. The van der Waals surface area contributed by atoms with Crippen LogP contribution in [-0.4, -0.2) is 23.8 Å². The standard InChI is InChI=1S/C21H20N2O3/c1-2-15-7-4-6-10-20(15)26-14-21(25)23-22-13-18-17-9-5-3-8-16(17)11-12-19(18)24/h3-13,24H,2,14H2,1H3,(H,23,25)/b22-13-. The fourth-order valence-corrected chi connectivity index (χ4v) is 2.70. The lowest BCUT2D eigenvalue weighted by Gasteiger charge is -2.09. The minimum absolute atomic E-state index is 0.106. The van der Waals surface area contributed by atoms with Crippen LogP contribution in [0.25, 0.3) is 10.8 Å². The summed E-state index contributed by atoms with van der Waals surface area (Å²) in [5.41, 5.74) is 4.03. The lowest BCUT2D eigenvalue weighted by atomic mass is 10.0. The number of amides is 1. The summed E-state index contributed by atoms with van der Waals surface area (Å²) < 4.78 is 5.55. The van der Waals surface area contributed by atoms with Gasteiger partial charge in [-0.1, -0.05) is 55.5 Å². The van der Waals surface area contributed by atoms with Gasteiger partial charge in [-0.25, -0.2) is 5.43 Å². The van der Waals surface area contributed by atoms with E-state index in [1.165, 1.54) is 6.21 Å². The first-order chi connectivity index (χ1) is 12.7. The average Bonchev–Trinajstić information content (AvgIpc) is 2.68. The molecule has 0 aliphatic carbocycles. The normalized spacial score (nSPS) is 11.0. The molecule has 3 rings (SSSR count). The second kappa shape index (κ2) is 8.16. The maximum absolute atomic E-state index is 11.9. The minimum Gasteiger partial charge on any atom is -0.507 e. The summed E-state index contributed by atoms with van der Waals surface area (Å²) in [7, 11) is 0. The lowest BCUT2D eigenvalue weighted by Crippen LogP contribution is -2.24. The Bertz CT molecular complexity index is 951. The van der Waals surface area contributed by atoms with Crippen molar-refractivity contribution in [2.24, 2.45) is 5.10 Å². The number of fused-ring (bicyclic) bond motifs is 1. The third-order valence-corrected chi connectivity index (χ3v) is 4.04. The van der Waals surface area contributed by atoms with Gasteiger partial charge in [-0.3, -0.25) is 4.79 Å². The van der Waals surface area contributed by atoms with Crippen LogP contribution < -0.4 is 10.2 Å². The molecule has 0 atom stereocenters. The van der Waals surface area contributed by atoms with Crippen LogP contribution in [0.5, 0.6) is 11.5 Å². The fourth-order valence-electron chi connectivity index (χ4n) is 2.70. The van der Waals surface area contributed by atoms with Crippen molar-refractivity contribution in [3.63, 3.8) is 0 Å². The highest BCUT2D eigenvalue weighted by Gasteiger charge is 2.06. The molecule has 5 nitrogen and oxygen atoms in total. The molecule has 3 aromatic carbocycles. The molecule has 5 heteroatoms. The highest BCUT2D eigenvalue weighted by Crippen LogP contribution is 2.25. The van der Waals surface area contributed by atoms with Crippen molar-refractivity contribution in [1.29, 1.82) is 0 Å². The maximum atomic E-state index is 11.9. The van der Waals surface area contributed by atoms with Gasteiger partial charge < -0.3 is 9.84 Å². The van der Waals surface area contributed by atoms with E-state index in [1.807, 2.05) is 61.5 Å². The van der Waals surface area contributed by atoms with Crippen molar-refractivity contribution in [1.82, 2.24) is 5.43 Å². The Kier molecular flexibility index (Phi) is 5.49. The van der Waals surface area contributed by atoms with Crippen molar-refractivity contribution in [3.05, 3.63) is 71.8 Å². The SMILES string of the molecule is CCc1ccccc1OCC(=O)N/N=C\c1c(O)ccc2ccccc12. The van der Waals surface area contributed by atoms with E-state index in [9.17, 15) is 9.90 Å². The van der Waals surface area contributed by atoms with Gasteiger partial charge in [0.05, 0.1) is 6.21 Å². The zero-order chi connectivity index (χ0) is 18.4. The molecule has 132 valence electrons. The van der Waals surface area contributed by atoms with Gasteiger partial charge in [0.15, 0.2) is 6.61 Å². The summed E-state index contributed by atoms with van der Waals surface area (Å²) in [6.45, 7) is 1.90. The predicted molar refractivity (Wildman–Crippen MR) is 103 cm³/mol. The zero-order valence-corrected chi connectivity index (χ0v) is 14.5. The molecule has 0 aliphatic heterocycles. The van der Waals surface area contributed by atoms with Crippen molar-refractivity contribution < 1.29 is 14.6 Å². The number of rotatable bonds is 6. The Hall–Kier alpha value is -3.34. The van der Waals surface area contributed by atoms with Gasteiger partial charge >= 0.3 is 0 Å². The smallest absolute Gasteiger partial charge is 0.277 e. The molecule has 2 N–H and O–H groups in total. The third-order valence-electron chi connectivity index (χ3n) is 4.04. The van der Waals surface area contributed by atoms with Crippen LogP contribution in [0, 0.1) is 0 Å². The molecule has 0 radical (unpaired) electrons. The van der Waals surface area contributed by atoms with Crippen LogP contribution in [-0.2, 0) is 11.2 Å².